The van der Waals surface area contributed by atoms with Crippen molar-refractivity contribution < 1.29 is 13.2 Å². The molecule has 1 fully saturated rings. The van der Waals surface area contributed by atoms with E-state index in [2.05, 4.69) is 5.32 Å². The standard InChI is InChI=1S/C14H18ClNO3S/c1-2-6-20(18,19)9-14(17)16-13-8-12(13)10-4-3-5-11(15)7-10/h3-5,7,12-13H,2,6,8-9H2,1H3,(H,16,17)/t12-,13-/m1/s1. The summed E-state index contributed by atoms with van der Waals surface area (Å²) in [6, 6.07) is 7.56. The summed E-state index contributed by atoms with van der Waals surface area (Å²) in [5, 5.41) is 3.45. The van der Waals surface area contributed by atoms with Gasteiger partial charge < -0.3 is 5.32 Å². The van der Waals surface area contributed by atoms with Crippen LogP contribution in [0.2, 0.25) is 5.02 Å². The topological polar surface area (TPSA) is 63.2 Å². The van der Waals surface area contributed by atoms with Gasteiger partial charge in [0.15, 0.2) is 9.84 Å². The maximum Gasteiger partial charge on any atom is 0.235 e. The van der Waals surface area contributed by atoms with Crippen molar-refractivity contribution >= 4 is 27.3 Å². The molecule has 1 saturated carbocycles. The first-order chi connectivity index (χ1) is 9.41. The van der Waals surface area contributed by atoms with E-state index < -0.39 is 21.5 Å². The van der Waals surface area contributed by atoms with Crippen LogP contribution in [0.5, 0.6) is 0 Å². The average Bonchev–Trinajstić information content (AvgIpc) is 3.07. The molecule has 1 aliphatic carbocycles. The number of amides is 1. The highest BCUT2D eigenvalue weighted by Gasteiger charge is 2.39. The van der Waals surface area contributed by atoms with E-state index in [0.717, 1.165) is 12.0 Å². The first kappa shape index (κ1) is 15.3. The third-order valence-electron chi connectivity index (χ3n) is 3.28. The fourth-order valence-electron chi connectivity index (χ4n) is 2.29. The van der Waals surface area contributed by atoms with Gasteiger partial charge in [-0.2, -0.15) is 0 Å². The summed E-state index contributed by atoms with van der Waals surface area (Å²) in [5.74, 6) is -0.526. The van der Waals surface area contributed by atoms with Gasteiger partial charge in [-0.05, 0) is 30.5 Å². The smallest absolute Gasteiger partial charge is 0.235 e. The lowest BCUT2D eigenvalue weighted by atomic mass is 10.1. The molecule has 0 aliphatic heterocycles. The second kappa shape index (κ2) is 6.14. The number of carbonyl (C=O) groups is 1. The Balaban J connectivity index is 1.86. The molecule has 0 saturated heterocycles. The van der Waals surface area contributed by atoms with Gasteiger partial charge in [0.2, 0.25) is 5.91 Å². The van der Waals surface area contributed by atoms with E-state index in [0.29, 0.717) is 11.4 Å². The molecule has 20 heavy (non-hydrogen) atoms. The summed E-state index contributed by atoms with van der Waals surface area (Å²) < 4.78 is 23.1. The van der Waals surface area contributed by atoms with Crippen molar-refractivity contribution in [2.45, 2.75) is 31.7 Å². The van der Waals surface area contributed by atoms with Gasteiger partial charge in [0, 0.05) is 17.0 Å². The van der Waals surface area contributed by atoms with Crippen molar-refractivity contribution in [2.24, 2.45) is 0 Å². The molecule has 0 unspecified atom stereocenters. The van der Waals surface area contributed by atoms with Gasteiger partial charge in [-0.15, -0.1) is 0 Å². The van der Waals surface area contributed by atoms with Crippen molar-refractivity contribution in [3.8, 4) is 0 Å². The molecule has 2 rings (SSSR count). The zero-order valence-corrected chi connectivity index (χ0v) is 12.9. The van der Waals surface area contributed by atoms with Crippen LogP contribution in [-0.4, -0.2) is 31.9 Å². The van der Waals surface area contributed by atoms with Gasteiger partial charge in [-0.1, -0.05) is 30.7 Å². The van der Waals surface area contributed by atoms with Crippen molar-refractivity contribution in [1.82, 2.24) is 5.32 Å². The summed E-state index contributed by atoms with van der Waals surface area (Å²) in [7, 11) is -3.27. The van der Waals surface area contributed by atoms with E-state index >= 15 is 0 Å². The molecule has 0 heterocycles. The molecule has 1 aromatic rings. The molecule has 6 heteroatoms. The Hall–Kier alpha value is -1.07. The Morgan fingerprint density at radius 1 is 1.45 bits per heavy atom. The molecule has 1 aromatic carbocycles. The minimum Gasteiger partial charge on any atom is -0.352 e. The average molecular weight is 316 g/mol. The van der Waals surface area contributed by atoms with Gasteiger partial charge in [-0.3, -0.25) is 4.79 Å². The fraction of sp³-hybridized carbons (Fsp3) is 0.500. The van der Waals surface area contributed by atoms with E-state index in [1.54, 1.807) is 13.0 Å². The quantitative estimate of drug-likeness (QED) is 0.874. The molecule has 1 N–H and O–H groups in total. The summed E-state index contributed by atoms with van der Waals surface area (Å²) >= 11 is 5.93. The van der Waals surface area contributed by atoms with Crippen molar-refractivity contribution in [2.75, 3.05) is 11.5 Å². The normalized spacial score (nSPS) is 21.5. The van der Waals surface area contributed by atoms with Crippen LogP contribution < -0.4 is 5.32 Å². The molecule has 0 spiro atoms. The highest BCUT2D eigenvalue weighted by Crippen LogP contribution is 2.41. The Morgan fingerprint density at radius 2 is 2.20 bits per heavy atom. The Kier molecular flexibility index (Phi) is 4.70. The molecule has 110 valence electrons. The molecular weight excluding hydrogens is 298 g/mol. The maximum atomic E-state index is 11.7. The number of benzene rings is 1. The molecular formula is C14H18ClNO3S. The van der Waals surface area contributed by atoms with Crippen LogP contribution in [0.3, 0.4) is 0 Å². The van der Waals surface area contributed by atoms with E-state index in [-0.39, 0.29) is 17.7 Å². The molecule has 1 amide bonds. The minimum atomic E-state index is -3.27. The minimum absolute atomic E-state index is 0.0257. The lowest BCUT2D eigenvalue weighted by Gasteiger charge is -2.06. The predicted octanol–water partition coefficient (Wildman–Crippen LogP) is 2.14. The second-order valence-corrected chi connectivity index (χ2v) is 7.78. The number of rotatable bonds is 6. The van der Waals surface area contributed by atoms with Crippen LogP contribution in [0, 0.1) is 0 Å². The van der Waals surface area contributed by atoms with E-state index in [4.69, 9.17) is 11.6 Å². The zero-order chi connectivity index (χ0) is 14.8. The maximum absolute atomic E-state index is 11.7. The van der Waals surface area contributed by atoms with Crippen molar-refractivity contribution in [3.63, 3.8) is 0 Å². The van der Waals surface area contributed by atoms with E-state index in [1.165, 1.54) is 0 Å². The SMILES string of the molecule is CCCS(=O)(=O)CC(=O)N[C@@H]1C[C@@H]1c1cccc(Cl)c1. The molecule has 0 radical (unpaired) electrons. The molecule has 0 aromatic heterocycles. The number of carbonyl (C=O) groups excluding carboxylic acids is 1. The van der Waals surface area contributed by atoms with Crippen molar-refractivity contribution in [3.05, 3.63) is 34.9 Å². The first-order valence-corrected chi connectivity index (χ1v) is 8.86. The summed E-state index contributed by atoms with van der Waals surface area (Å²) in [4.78, 5) is 11.7. The van der Waals surface area contributed by atoms with Gasteiger partial charge in [0.1, 0.15) is 5.75 Å². The van der Waals surface area contributed by atoms with Crippen LogP contribution >= 0.6 is 11.6 Å². The highest BCUT2D eigenvalue weighted by molar-refractivity contribution is 7.92. The van der Waals surface area contributed by atoms with Crippen LogP contribution in [-0.2, 0) is 14.6 Å². The summed E-state index contributed by atoms with van der Waals surface area (Å²) in [5.41, 5.74) is 1.08. The Bertz CT molecular complexity index is 600. The summed E-state index contributed by atoms with van der Waals surface area (Å²) in [6.45, 7) is 1.78. The Morgan fingerprint density at radius 3 is 2.85 bits per heavy atom. The van der Waals surface area contributed by atoms with Gasteiger partial charge in [-0.25, -0.2) is 8.42 Å². The van der Waals surface area contributed by atoms with Gasteiger partial charge in [0.25, 0.3) is 0 Å². The Labute approximate surface area is 124 Å². The molecule has 1 aliphatic rings. The number of sulfone groups is 1. The monoisotopic (exact) mass is 315 g/mol. The van der Waals surface area contributed by atoms with Crippen LogP contribution in [0.4, 0.5) is 0 Å². The second-order valence-electron chi connectivity index (χ2n) is 5.16. The molecule has 0 bridgehead atoms. The van der Waals surface area contributed by atoms with Gasteiger partial charge in [0.05, 0.1) is 5.75 Å². The fourth-order valence-corrected chi connectivity index (χ4v) is 3.74. The highest BCUT2D eigenvalue weighted by atomic mass is 35.5. The van der Waals surface area contributed by atoms with Crippen molar-refractivity contribution in [1.29, 1.82) is 0 Å². The lowest BCUT2D eigenvalue weighted by molar-refractivity contribution is -0.118. The third kappa shape index (κ3) is 4.21. The zero-order valence-electron chi connectivity index (χ0n) is 11.3. The van der Waals surface area contributed by atoms with E-state index in [9.17, 15) is 13.2 Å². The predicted molar refractivity (Wildman–Crippen MR) is 79.7 cm³/mol. The van der Waals surface area contributed by atoms with Crippen LogP contribution in [0.25, 0.3) is 0 Å². The lowest BCUT2D eigenvalue weighted by Crippen LogP contribution is -2.33. The molecule has 4 nitrogen and oxygen atoms in total. The third-order valence-corrected chi connectivity index (χ3v) is 5.25. The summed E-state index contributed by atoms with van der Waals surface area (Å²) in [6.07, 6.45) is 1.37. The number of hydrogen-bond acceptors (Lipinski definition) is 3. The van der Waals surface area contributed by atoms with Crippen LogP contribution in [0.1, 0.15) is 31.2 Å². The number of nitrogens with one attached hydrogen (secondary N) is 1. The number of halogens is 1. The van der Waals surface area contributed by atoms with Gasteiger partial charge >= 0.3 is 0 Å². The number of hydrogen-bond donors (Lipinski definition) is 1. The van der Waals surface area contributed by atoms with E-state index in [1.807, 2.05) is 18.2 Å². The van der Waals surface area contributed by atoms with Crippen LogP contribution in [0.15, 0.2) is 24.3 Å². The molecule has 2 atom stereocenters. The largest absolute Gasteiger partial charge is 0.352 e. The first-order valence-electron chi connectivity index (χ1n) is 6.66.